The lowest BCUT2D eigenvalue weighted by Gasteiger charge is -2.25. The Morgan fingerprint density at radius 3 is 1.88 bits per heavy atom. The number of alkyl halides is 3. The highest BCUT2D eigenvalue weighted by Gasteiger charge is 2.47. The van der Waals surface area contributed by atoms with Gasteiger partial charge < -0.3 is 0 Å². The largest absolute Gasteiger partial charge is 0.420 e. The quantitative estimate of drug-likeness (QED) is 0.451. The van der Waals surface area contributed by atoms with E-state index in [9.17, 15) is 13.2 Å². The van der Waals surface area contributed by atoms with Gasteiger partial charge in [0.15, 0.2) is 0 Å². The van der Waals surface area contributed by atoms with E-state index < -0.39 is 12.3 Å². The van der Waals surface area contributed by atoms with Gasteiger partial charge in [0.2, 0.25) is 6.10 Å². The molecule has 1 atom stereocenters. The summed E-state index contributed by atoms with van der Waals surface area (Å²) in [4.78, 5) is 7.51. The Morgan fingerprint density at radius 2 is 1.88 bits per heavy atom. The van der Waals surface area contributed by atoms with Gasteiger partial charge in [0.05, 0.1) is 0 Å². The van der Waals surface area contributed by atoms with Crippen LogP contribution >= 0.6 is 0 Å². The average molecular weight is 128 g/mol. The lowest BCUT2D eigenvalue weighted by atomic mass is 10.3. The van der Waals surface area contributed by atoms with Crippen LogP contribution in [0.15, 0.2) is 0 Å². The van der Waals surface area contributed by atoms with Crippen molar-refractivity contribution in [3.63, 3.8) is 0 Å². The smallest absolute Gasteiger partial charge is 0.233 e. The fourth-order valence-electron chi connectivity index (χ4n) is 0.285. The average Bonchev–Trinajstić information content (AvgIpc) is 1.16. The van der Waals surface area contributed by atoms with Crippen molar-refractivity contribution in [3.05, 3.63) is 0 Å². The summed E-state index contributed by atoms with van der Waals surface area (Å²) in [6, 6.07) is 0. The van der Waals surface area contributed by atoms with Gasteiger partial charge in [-0.2, -0.15) is 13.2 Å². The Morgan fingerprint density at radius 1 is 1.38 bits per heavy atom. The Bertz CT molecular complexity index is 85.0. The lowest BCUT2D eigenvalue weighted by molar-refractivity contribution is -0.473. The van der Waals surface area contributed by atoms with Gasteiger partial charge in [-0.05, 0) is 0 Å². The van der Waals surface area contributed by atoms with Crippen LogP contribution in [0.2, 0.25) is 0 Å². The Balaban J connectivity index is 2.34. The summed E-state index contributed by atoms with van der Waals surface area (Å²) >= 11 is 0. The molecule has 1 unspecified atom stereocenters. The third kappa shape index (κ3) is 0.924. The van der Waals surface area contributed by atoms with Crippen LogP contribution in [0.1, 0.15) is 0 Å². The third-order valence-corrected chi connectivity index (χ3v) is 0.769. The van der Waals surface area contributed by atoms with Crippen molar-refractivity contribution < 1.29 is 22.9 Å². The summed E-state index contributed by atoms with van der Waals surface area (Å²) in [7, 11) is 0. The predicted molar refractivity (Wildman–Crippen MR) is 16.9 cm³/mol. The summed E-state index contributed by atoms with van der Waals surface area (Å²) in [6.07, 6.45) is -5.94. The molecule has 0 spiro atoms. The van der Waals surface area contributed by atoms with Gasteiger partial charge in [-0.25, -0.2) is 9.78 Å². The molecule has 1 saturated heterocycles. The van der Waals surface area contributed by atoms with Gasteiger partial charge in [0.1, 0.15) is 6.61 Å². The van der Waals surface area contributed by atoms with E-state index in [1.807, 2.05) is 0 Å². The summed E-state index contributed by atoms with van der Waals surface area (Å²) in [5.41, 5.74) is 0. The molecule has 2 nitrogen and oxygen atoms in total. The van der Waals surface area contributed by atoms with Gasteiger partial charge in [0.25, 0.3) is 0 Å². The molecule has 1 aliphatic heterocycles. The summed E-state index contributed by atoms with van der Waals surface area (Å²) in [5, 5.41) is 0. The van der Waals surface area contributed by atoms with Crippen molar-refractivity contribution in [2.24, 2.45) is 0 Å². The first-order valence-corrected chi connectivity index (χ1v) is 1.95. The van der Waals surface area contributed by atoms with Gasteiger partial charge in [0, 0.05) is 0 Å². The first kappa shape index (κ1) is 5.84. The SMILES string of the molecule is FC(F)(F)C1COO1. The molecule has 5 heteroatoms. The van der Waals surface area contributed by atoms with Gasteiger partial charge in [-0.1, -0.05) is 0 Å². The molecule has 0 radical (unpaired) electrons. The van der Waals surface area contributed by atoms with Crippen LogP contribution in [0.25, 0.3) is 0 Å². The van der Waals surface area contributed by atoms with Gasteiger partial charge in [-0.3, -0.25) is 0 Å². The molecular formula is C3H3F3O2. The normalized spacial score (nSPS) is 29.6. The molecule has 0 aliphatic carbocycles. The van der Waals surface area contributed by atoms with Crippen molar-refractivity contribution in [1.82, 2.24) is 0 Å². The fraction of sp³-hybridized carbons (Fsp3) is 1.00. The Kier molecular flexibility index (Phi) is 1.16. The molecule has 0 amide bonds. The van der Waals surface area contributed by atoms with Crippen molar-refractivity contribution in [2.45, 2.75) is 12.3 Å². The molecule has 0 aromatic rings. The highest BCUT2D eigenvalue weighted by Crippen LogP contribution is 2.27. The van der Waals surface area contributed by atoms with Crippen LogP contribution in [0.4, 0.5) is 13.2 Å². The zero-order valence-electron chi connectivity index (χ0n) is 3.73. The molecule has 0 aromatic carbocycles. The van der Waals surface area contributed by atoms with E-state index in [1.54, 1.807) is 0 Å². The maximum absolute atomic E-state index is 11.3. The minimum atomic E-state index is -4.25. The number of hydrogen-bond donors (Lipinski definition) is 0. The molecule has 48 valence electrons. The number of rotatable bonds is 0. The highest BCUT2D eigenvalue weighted by atomic mass is 19.4. The molecule has 0 N–H and O–H groups in total. The minimum Gasteiger partial charge on any atom is -0.233 e. The zero-order chi connectivity index (χ0) is 6.20. The standard InChI is InChI=1S/C3H3F3O2/c4-3(5,6)2-1-7-8-2/h2H,1H2. The number of hydrogen-bond acceptors (Lipinski definition) is 2. The monoisotopic (exact) mass is 128 g/mol. The van der Waals surface area contributed by atoms with E-state index in [1.165, 1.54) is 0 Å². The Labute approximate surface area is 43.1 Å². The maximum atomic E-state index is 11.3. The highest BCUT2D eigenvalue weighted by molar-refractivity contribution is 4.67. The fourth-order valence-corrected chi connectivity index (χ4v) is 0.285. The second kappa shape index (κ2) is 1.60. The molecule has 0 aromatic heterocycles. The molecule has 0 saturated carbocycles. The molecule has 1 rings (SSSR count). The van der Waals surface area contributed by atoms with Crippen molar-refractivity contribution in [1.29, 1.82) is 0 Å². The van der Waals surface area contributed by atoms with Crippen LogP contribution in [0, 0.1) is 0 Å². The summed E-state index contributed by atoms with van der Waals surface area (Å²) < 4.78 is 33.9. The van der Waals surface area contributed by atoms with Gasteiger partial charge in [-0.15, -0.1) is 0 Å². The van der Waals surface area contributed by atoms with E-state index >= 15 is 0 Å². The lowest BCUT2D eigenvalue weighted by Crippen LogP contribution is -2.43. The van der Waals surface area contributed by atoms with E-state index in [0.717, 1.165) is 0 Å². The molecule has 1 fully saturated rings. The predicted octanol–water partition coefficient (Wildman–Crippen LogP) is 0.879. The topological polar surface area (TPSA) is 18.5 Å². The van der Waals surface area contributed by atoms with Crippen LogP contribution in [-0.2, 0) is 9.78 Å². The second-order valence-corrected chi connectivity index (χ2v) is 1.41. The van der Waals surface area contributed by atoms with E-state index in [0.29, 0.717) is 0 Å². The molecular weight excluding hydrogens is 125 g/mol. The molecule has 1 aliphatic rings. The zero-order valence-corrected chi connectivity index (χ0v) is 3.73. The van der Waals surface area contributed by atoms with E-state index in [2.05, 4.69) is 9.78 Å². The summed E-state index contributed by atoms with van der Waals surface area (Å²) in [6.45, 7) is -0.372. The number of halogens is 3. The maximum Gasteiger partial charge on any atom is 0.420 e. The van der Waals surface area contributed by atoms with Crippen molar-refractivity contribution in [3.8, 4) is 0 Å². The second-order valence-electron chi connectivity index (χ2n) is 1.41. The molecule has 0 bridgehead atoms. The van der Waals surface area contributed by atoms with Crippen LogP contribution in [0.5, 0.6) is 0 Å². The van der Waals surface area contributed by atoms with Crippen LogP contribution < -0.4 is 0 Å². The first-order chi connectivity index (χ1) is 3.61. The van der Waals surface area contributed by atoms with E-state index in [4.69, 9.17) is 0 Å². The summed E-state index contributed by atoms with van der Waals surface area (Å²) in [5.74, 6) is 0. The van der Waals surface area contributed by atoms with Crippen molar-refractivity contribution in [2.75, 3.05) is 6.61 Å². The van der Waals surface area contributed by atoms with Crippen molar-refractivity contribution >= 4 is 0 Å². The molecule has 1 heterocycles. The minimum absolute atomic E-state index is 0.372. The molecule has 8 heavy (non-hydrogen) atoms. The van der Waals surface area contributed by atoms with Crippen LogP contribution in [-0.4, -0.2) is 18.9 Å². The van der Waals surface area contributed by atoms with Crippen LogP contribution in [0.3, 0.4) is 0 Å². The Hall–Kier alpha value is -0.290. The van der Waals surface area contributed by atoms with Gasteiger partial charge >= 0.3 is 6.18 Å². The van der Waals surface area contributed by atoms with E-state index in [-0.39, 0.29) is 6.61 Å². The first-order valence-electron chi connectivity index (χ1n) is 1.95. The third-order valence-electron chi connectivity index (χ3n) is 0.769.